The molecule has 0 saturated carbocycles. The molecule has 0 aliphatic carbocycles. The molecule has 0 radical (unpaired) electrons. The highest BCUT2D eigenvalue weighted by molar-refractivity contribution is 5.76. The van der Waals surface area contributed by atoms with Crippen molar-refractivity contribution in [3.8, 4) is 0 Å². The molecule has 1 saturated heterocycles. The maximum absolute atomic E-state index is 12.8. The third-order valence-corrected chi connectivity index (χ3v) is 8.32. The van der Waals surface area contributed by atoms with Crippen molar-refractivity contribution in [2.75, 3.05) is 0 Å². The first-order valence-corrected chi connectivity index (χ1v) is 15.1. The van der Waals surface area contributed by atoms with Gasteiger partial charge < -0.3 is 5.32 Å². The van der Waals surface area contributed by atoms with Gasteiger partial charge in [0.2, 0.25) is 5.91 Å². The number of hydroxylamine groups is 2. The van der Waals surface area contributed by atoms with E-state index in [1.165, 1.54) is 63.4 Å². The van der Waals surface area contributed by atoms with Gasteiger partial charge in [0.15, 0.2) is 0 Å². The standard InChI is InChI=1S/C32H56N2O2/c1-7-10-11-12-13-14-15-16-17-21-24-30(35)33-29-25-31(5,6)34(32(8-2,9-3)26-29)36-27(4)28-22-19-18-20-23-28/h18-20,22-23,27,29H,7-17,21,24-26H2,1-6H3,(H,33,35). The summed E-state index contributed by atoms with van der Waals surface area (Å²) in [6.45, 7) is 13.5. The molecule has 1 fully saturated rings. The van der Waals surface area contributed by atoms with Crippen LogP contribution in [0.1, 0.15) is 150 Å². The maximum atomic E-state index is 12.8. The molecule has 2 unspecified atom stereocenters. The van der Waals surface area contributed by atoms with Crippen LogP contribution in [0.15, 0.2) is 30.3 Å². The largest absolute Gasteiger partial charge is 0.353 e. The Kier molecular flexibility index (Phi) is 13.5. The second kappa shape index (κ2) is 15.8. The van der Waals surface area contributed by atoms with Gasteiger partial charge in [-0.25, -0.2) is 0 Å². The Bertz CT molecular complexity index is 729. The van der Waals surface area contributed by atoms with Gasteiger partial charge in [-0.05, 0) is 58.4 Å². The number of nitrogens with zero attached hydrogens (tertiary/aromatic N) is 1. The fraction of sp³-hybridized carbons (Fsp3) is 0.781. The summed E-state index contributed by atoms with van der Waals surface area (Å²) in [5.74, 6) is 0.225. The van der Waals surface area contributed by atoms with Crippen molar-refractivity contribution in [3.63, 3.8) is 0 Å². The fourth-order valence-electron chi connectivity index (χ4n) is 6.14. The monoisotopic (exact) mass is 500 g/mol. The van der Waals surface area contributed by atoms with Crippen molar-refractivity contribution in [1.82, 2.24) is 10.4 Å². The third-order valence-electron chi connectivity index (χ3n) is 8.32. The summed E-state index contributed by atoms with van der Waals surface area (Å²) in [4.78, 5) is 19.5. The van der Waals surface area contributed by atoms with Crippen LogP contribution in [0, 0.1) is 0 Å². The zero-order valence-corrected chi connectivity index (χ0v) is 24.4. The molecule has 1 aliphatic heterocycles. The highest BCUT2D eigenvalue weighted by Crippen LogP contribution is 2.44. The van der Waals surface area contributed by atoms with Crippen molar-refractivity contribution < 1.29 is 9.63 Å². The SMILES string of the molecule is CCCCCCCCCCCCC(=O)NC1CC(C)(C)N(OC(C)c2ccccc2)C(CC)(CC)C1. The van der Waals surface area contributed by atoms with E-state index in [1.807, 2.05) is 6.07 Å². The summed E-state index contributed by atoms with van der Waals surface area (Å²) in [6.07, 6.45) is 17.4. The molecule has 1 aromatic carbocycles. The minimum Gasteiger partial charge on any atom is -0.353 e. The number of benzene rings is 1. The number of hydrogen-bond acceptors (Lipinski definition) is 3. The van der Waals surface area contributed by atoms with Gasteiger partial charge in [-0.2, -0.15) is 5.06 Å². The highest BCUT2D eigenvalue weighted by Gasteiger charge is 2.50. The van der Waals surface area contributed by atoms with Gasteiger partial charge in [-0.3, -0.25) is 9.63 Å². The lowest BCUT2D eigenvalue weighted by atomic mass is 9.74. The molecule has 4 heteroatoms. The lowest BCUT2D eigenvalue weighted by Gasteiger charge is -2.57. The highest BCUT2D eigenvalue weighted by atomic mass is 16.7. The van der Waals surface area contributed by atoms with Crippen LogP contribution in [0.3, 0.4) is 0 Å². The maximum Gasteiger partial charge on any atom is 0.220 e. The van der Waals surface area contributed by atoms with E-state index < -0.39 is 0 Å². The Balaban J connectivity index is 1.83. The van der Waals surface area contributed by atoms with Gasteiger partial charge in [0.05, 0.1) is 0 Å². The van der Waals surface area contributed by atoms with E-state index >= 15 is 0 Å². The fourth-order valence-corrected chi connectivity index (χ4v) is 6.14. The minimum atomic E-state index is -0.164. The van der Waals surface area contributed by atoms with E-state index in [0.29, 0.717) is 6.42 Å². The summed E-state index contributed by atoms with van der Waals surface area (Å²) >= 11 is 0. The molecular weight excluding hydrogens is 444 g/mol. The summed E-state index contributed by atoms with van der Waals surface area (Å²) in [5.41, 5.74) is 0.948. The van der Waals surface area contributed by atoms with Crippen LogP contribution in [0.25, 0.3) is 0 Å². The molecular formula is C32H56N2O2. The Morgan fingerprint density at radius 2 is 1.47 bits per heavy atom. The zero-order chi connectivity index (χ0) is 26.4. The molecule has 0 spiro atoms. The summed E-state index contributed by atoms with van der Waals surface area (Å²) < 4.78 is 0. The number of carbonyl (C=O) groups excluding carboxylic acids is 1. The van der Waals surface area contributed by atoms with Gasteiger partial charge in [-0.1, -0.05) is 109 Å². The van der Waals surface area contributed by atoms with Crippen molar-refractivity contribution >= 4 is 5.91 Å². The van der Waals surface area contributed by atoms with Crippen LogP contribution in [0.4, 0.5) is 0 Å². The Morgan fingerprint density at radius 3 is 2.03 bits per heavy atom. The summed E-state index contributed by atoms with van der Waals surface area (Å²) in [5, 5.41) is 5.71. The van der Waals surface area contributed by atoms with E-state index in [-0.39, 0.29) is 29.1 Å². The summed E-state index contributed by atoms with van der Waals surface area (Å²) in [6, 6.07) is 10.7. The lowest BCUT2D eigenvalue weighted by molar-refractivity contribution is -0.316. The molecule has 2 rings (SSSR count). The van der Waals surface area contributed by atoms with Crippen LogP contribution < -0.4 is 5.32 Å². The average molecular weight is 501 g/mol. The smallest absolute Gasteiger partial charge is 0.220 e. The normalized spacial score (nSPS) is 20.2. The van der Waals surface area contributed by atoms with Crippen LogP contribution >= 0.6 is 0 Å². The van der Waals surface area contributed by atoms with Crippen molar-refractivity contribution in [2.45, 2.75) is 161 Å². The molecule has 1 aliphatic rings. The molecule has 1 heterocycles. The van der Waals surface area contributed by atoms with Crippen LogP contribution in [-0.2, 0) is 9.63 Å². The molecule has 1 aromatic rings. The Labute approximate surface area is 222 Å². The molecule has 1 amide bonds. The van der Waals surface area contributed by atoms with Gasteiger partial charge in [0, 0.05) is 23.5 Å². The number of rotatable bonds is 17. The van der Waals surface area contributed by atoms with E-state index in [1.54, 1.807) is 0 Å². The Morgan fingerprint density at radius 1 is 0.917 bits per heavy atom. The lowest BCUT2D eigenvalue weighted by Crippen LogP contribution is -2.66. The molecule has 0 aromatic heterocycles. The second-order valence-corrected chi connectivity index (χ2v) is 11.8. The first kappa shape index (κ1) is 30.8. The predicted octanol–water partition coefficient (Wildman–Crippen LogP) is 8.91. The predicted molar refractivity (Wildman–Crippen MR) is 153 cm³/mol. The molecule has 36 heavy (non-hydrogen) atoms. The number of hydrogen-bond donors (Lipinski definition) is 1. The van der Waals surface area contributed by atoms with Crippen molar-refractivity contribution in [2.24, 2.45) is 0 Å². The number of amides is 1. The topological polar surface area (TPSA) is 41.6 Å². The minimum absolute atomic E-state index is 0.00886. The third kappa shape index (κ3) is 9.49. The van der Waals surface area contributed by atoms with Crippen molar-refractivity contribution in [1.29, 1.82) is 0 Å². The number of piperidine rings is 1. The first-order chi connectivity index (χ1) is 17.3. The average Bonchev–Trinajstić information content (AvgIpc) is 2.86. The van der Waals surface area contributed by atoms with Gasteiger partial charge in [-0.15, -0.1) is 0 Å². The van der Waals surface area contributed by atoms with E-state index in [0.717, 1.165) is 32.1 Å². The second-order valence-electron chi connectivity index (χ2n) is 11.8. The van der Waals surface area contributed by atoms with Gasteiger partial charge in [0.25, 0.3) is 0 Å². The zero-order valence-electron chi connectivity index (χ0n) is 24.4. The van der Waals surface area contributed by atoms with E-state index in [4.69, 9.17) is 4.84 Å². The number of carbonyl (C=O) groups is 1. The molecule has 1 N–H and O–H groups in total. The van der Waals surface area contributed by atoms with Crippen molar-refractivity contribution in [3.05, 3.63) is 35.9 Å². The van der Waals surface area contributed by atoms with Gasteiger partial charge in [0.1, 0.15) is 6.10 Å². The van der Waals surface area contributed by atoms with Crippen LogP contribution in [0.2, 0.25) is 0 Å². The van der Waals surface area contributed by atoms with Crippen LogP contribution in [-0.4, -0.2) is 28.1 Å². The summed E-state index contributed by atoms with van der Waals surface area (Å²) in [7, 11) is 0. The quantitative estimate of drug-likeness (QED) is 0.217. The molecule has 206 valence electrons. The molecule has 0 bridgehead atoms. The van der Waals surface area contributed by atoms with Crippen LogP contribution in [0.5, 0.6) is 0 Å². The van der Waals surface area contributed by atoms with E-state index in [9.17, 15) is 4.79 Å². The molecule has 2 atom stereocenters. The number of unbranched alkanes of at least 4 members (excludes halogenated alkanes) is 9. The van der Waals surface area contributed by atoms with Gasteiger partial charge >= 0.3 is 0 Å². The number of nitrogens with one attached hydrogen (secondary N) is 1. The van der Waals surface area contributed by atoms with E-state index in [2.05, 4.69) is 76.2 Å². The Hall–Kier alpha value is -1.39. The molecule has 4 nitrogen and oxygen atoms in total. The first-order valence-electron chi connectivity index (χ1n) is 15.1.